The van der Waals surface area contributed by atoms with Gasteiger partial charge >= 0.3 is 0 Å². The second kappa shape index (κ2) is 17.9. The van der Waals surface area contributed by atoms with Crippen LogP contribution in [0.5, 0.6) is 0 Å². The summed E-state index contributed by atoms with van der Waals surface area (Å²) in [7, 11) is 0. The van der Waals surface area contributed by atoms with Crippen LogP contribution in [0.1, 0.15) is 0 Å². The molecule has 154 valence electrons. The predicted molar refractivity (Wildman–Crippen MR) is 108 cm³/mol. The van der Waals surface area contributed by atoms with E-state index in [1.807, 2.05) is 0 Å². The Hall–Kier alpha value is -1.54. The average molecular weight is 382 g/mol. The highest BCUT2D eigenvalue weighted by molar-refractivity contribution is 4.89. The molecule has 6 heteroatoms. The van der Waals surface area contributed by atoms with E-state index in [1.54, 1.807) is 30.4 Å². The Morgan fingerprint density at radius 3 is 1.44 bits per heavy atom. The number of aliphatic hydroxyl groups excluding tert-OH is 1. The first-order chi connectivity index (χ1) is 13.2. The van der Waals surface area contributed by atoms with Crippen molar-refractivity contribution in [2.24, 2.45) is 0 Å². The van der Waals surface area contributed by atoms with Crippen molar-refractivity contribution >= 4 is 0 Å². The Morgan fingerprint density at radius 1 is 0.593 bits per heavy atom. The van der Waals surface area contributed by atoms with Gasteiger partial charge in [0, 0.05) is 0 Å². The third-order valence-corrected chi connectivity index (χ3v) is 3.42. The molecule has 6 nitrogen and oxygen atoms in total. The van der Waals surface area contributed by atoms with Crippen molar-refractivity contribution < 1.29 is 28.8 Å². The largest absolute Gasteiger partial charge is 0.394 e. The molecule has 1 N–H and O–H groups in total. The first-order valence-corrected chi connectivity index (χ1v) is 8.89. The van der Waals surface area contributed by atoms with Gasteiger partial charge < -0.3 is 28.8 Å². The van der Waals surface area contributed by atoms with Crippen LogP contribution in [0, 0.1) is 0 Å². The van der Waals surface area contributed by atoms with Crippen LogP contribution in [-0.4, -0.2) is 75.8 Å². The summed E-state index contributed by atoms with van der Waals surface area (Å²) in [6, 6.07) is 0. The lowest BCUT2D eigenvalue weighted by Crippen LogP contribution is -2.52. The van der Waals surface area contributed by atoms with Crippen molar-refractivity contribution in [1.82, 2.24) is 0 Å². The Labute approximate surface area is 163 Å². The average Bonchev–Trinajstić information content (AvgIpc) is 2.69. The Morgan fingerprint density at radius 2 is 1.00 bits per heavy atom. The fourth-order valence-electron chi connectivity index (χ4n) is 2.33. The zero-order valence-electron chi connectivity index (χ0n) is 16.2. The number of aliphatic hydroxyl groups is 1. The van der Waals surface area contributed by atoms with Crippen molar-refractivity contribution in [3.63, 3.8) is 0 Å². The summed E-state index contributed by atoms with van der Waals surface area (Å²) in [5, 5.41) is 9.83. The molecule has 0 aliphatic heterocycles. The van der Waals surface area contributed by atoms with Crippen molar-refractivity contribution in [2.45, 2.75) is 24.4 Å². The highest BCUT2D eigenvalue weighted by atomic mass is 16.6. The van der Waals surface area contributed by atoms with Gasteiger partial charge in [-0.3, -0.25) is 0 Å². The highest BCUT2D eigenvalue weighted by Crippen LogP contribution is 2.19. The van der Waals surface area contributed by atoms with Crippen molar-refractivity contribution in [2.75, 3.05) is 46.2 Å². The standard InChI is InChI=1S/C21H34O6/c1-6-11-23-17-19(25-13-8-3)21(27-15-10-5)20(26-14-9-4)18(16-22)24-12-7-2/h6-10,18-22H,1-5,11-17H2/t18-,19+,20-,21-/m1/s1. The fraction of sp³-hybridized carbons (Fsp3) is 0.524. The van der Waals surface area contributed by atoms with Crippen molar-refractivity contribution in [3.8, 4) is 0 Å². The lowest BCUT2D eigenvalue weighted by atomic mass is 10.0. The quantitative estimate of drug-likeness (QED) is 0.258. The number of hydrogen-bond acceptors (Lipinski definition) is 6. The molecule has 0 aromatic heterocycles. The van der Waals surface area contributed by atoms with Crippen LogP contribution in [0.15, 0.2) is 63.3 Å². The van der Waals surface area contributed by atoms with Crippen molar-refractivity contribution in [3.05, 3.63) is 63.3 Å². The van der Waals surface area contributed by atoms with Crippen LogP contribution < -0.4 is 0 Å². The lowest BCUT2D eigenvalue weighted by molar-refractivity contribution is -0.182. The molecular formula is C21H34O6. The number of ether oxygens (including phenoxy) is 5. The Balaban J connectivity index is 5.58. The molecule has 0 spiro atoms. The molecule has 0 radical (unpaired) electrons. The molecule has 0 amide bonds. The molecule has 0 aromatic carbocycles. The summed E-state index contributed by atoms with van der Waals surface area (Å²) in [5.74, 6) is 0. The molecule has 0 heterocycles. The predicted octanol–water partition coefficient (Wildman–Crippen LogP) is 2.47. The van der Waals surface area contributed by atoms with Crippen LogP contribution in [0.4, 0.5) is 0 Å². The van der Waals surface area contributed by atoms with Gasteiger partial charge in [0.15, 0.2) is 0 Å². The minimum atomic E-state index is -0.646. The monoisotopic (exact) mass is 382 g/mol. The molecule has 0 saturated carbocycles. The van der Waals surface area contributed by atoms with Crippen LogP contribution >= 0.6 is 0 Å². The molecule has 0 aliphatic rings. The minimum Gasteiger partial charge on any atom is -0.394 e. The van der Waals surface area contributed by atoms with Crippen molar-refractivity contribution in [1.29, 1.82) is 0 Å². The van der Waals surface area contributed by atoms with Gasteiger partial charge in [-0.05, 0) is 0 Å². The smallest absolute Gasteiger partial charge is 0.115 e. The van der Waals surface area contributed by atoms with Gasteiger partial charge in [-0.2, -0.15) is 0 Å². The Bertz CT molecular complexity index is 423. The number of hydrogen-bond donors (Lipinski definition) is 1. The summed E-state index contributed by atoms with van der Waals surface area (Å²) in [5.41, 5.74) is 0. The summed E-state index contributed by atoms with van der Waals surface area (Å²) >= 11 is 0. The Kier molecular flexibility index (Phi) is 16.8. The van der Waals surface area contributed by atoms with E-state index in [1.165, 1.54) is 0 Å². The van der Waals surface area contributed by atoms with E-state index in [2.05, 4.69) is 32.9 Å². The summed E-state index contributed by atoms with van der Waals surface area (Å²) in [6.07, 6.45) is 5.79. The van der Waals surface area contributed by atoms with Gasteiger partial charge in [-0.25, -0.2) is 0 Å². The highest BCUT2D eigenvalue weighted by Gasteiger charge is 2.37. The fourth-order valence-corrected chi connectivity index (χ4v) is 2.33. The SMILES string of the molecule is C=CCOC[C@H](OCC=C)[C@@H](OCC=C)[C@H](OCC=C)[C@@H](CO)OCC=C. The summed E-state index contributed by atoms with van der Waals surface area (Å²) in [4.78, 5) is 0. The van der Waals surface area contributed by atoms with E-state index in [0.717, 1.165) is 0 Å². The van der Waals surface area contributed by atoms with E-state index >= 15 is 0 Å². The van der Waals surface area contributed by atoms with Crippen LogP contribution in [0.3, 0.4) is 0 Å². The minimum absolute atomic E-state index is 0.245. The zero-order valence-corrected chi connectivity index (χ0v) is 16.2. The maximum atomic E-state index is 9.83. The van der Waals surface area contributed by atoms with E-state index in [0.29, 0.717) is 13.2 Å². The first-order valence-electron chi connectivity index (χ1n) is 8.89. The molecule has 0 aliphatic carbocycles. The molecule has 0 saturated heterocycles. The molecule has 0 rings (SSSR count). The van der Waals surface area contributed by atoms with Crippen LogP contribution in [0.2, 0.25) is 0 Å². The topological polar surface area (TPSA) is 66.4 Å². The second-order valence-corrected chi connectivity index (χ2v) is 5.50. The maximum Gasteiger partial charge on any atom is 0.115 e. The summed E-state index contributed by atoms with van der Waals surface area (Å²) in [6.45, 7) is 19.8. The van der Waals surface area contributed by atoms with Gasteiger partial charge in [-0.1, -0.05) is 30.4 Å². The first kappa shape index (κ1) is 25.5. The molecular weight excluding hydrogens is 348 g/mol. The lowest BCUT2D eigenvalue weighted by Gasteiger charge is -2.36. The number of rotatable bonds is 20. The van der Waals surface area contributed by atoms with Gasteiger partial charge in [-0.15, -0.1) is 32.9 Å². The van der Waals surface area contributed by atoms with E-state index in [-0.39, 0.29) is 33.0 Å². The molecule has 0 unspecified atom stereocenters. The molecule has 0 bridgehead atoms. The maximum absolute atomic E-state index is 9.83. The molecule has 0 fully saturated rings. The van der Waals surface area contributed by atoms with Gasteiger partial charge in [0.2, 0.25) is 0 Å². The molecule has 4 atom stereocenters. The third-order valence-electron chi connectivity index (χ3n) is 3.42. The van der Waals surface area contributed by atoms with E-state index in [9.17, 15) is 5.11 Å². The van der Waals surface area contributed by atoms with Gasteiger partial charge in [0.1, 0.15) is 24.4 Å². The zero-order chi connectivity index (χ0) is 20.3. The van der Waals surface area contributed by atoms with E-state index in [4.69, 9.17) is 23.7 Å². The van der Waals surface area contributed by atoms with Crippen LogP contribution in [0.25, 0.3) is 0 Å². The molecule has 27 heavy (non-hydrogen) atoms. The second-order valence-electron chi connectivity index (χ2n) is 5.50. The normalized spacial score (nSPS) is 15.3. The van der Waals surface area contributed by atoms with E-state index < -0.39 is 24.4 Å². The van der Waals surface area contributed by atoms with Crippen LogP contribution in [-0.2, 0) is 23.7 Å². The third kappa shape index (κ3) is 11.0. The van der Waals surface area contributed by atoms with Gasteiger partial charge in [0.05, 0.1) is 46.2 Å². The molecule has 0 aromatic rings. The summed E-state index contributed by atoms with van der Waals surface area (Å²) < 4.78 is 28.9. The van der Waals surface area contributed by atoms with Gasteiger partial charge in [0.25, 0.3) is 0 Å².